The molecule has 2 amide bonds. The number of carbonyl (C=O) groups excluding carboxylic acids is 2. The van der Waals surface area contributed by atoms with E-state index in [1.807, 2.05) is 4.90 Å². The molecule has 0 radical (unpaired) electrons. The molecule has 3 atom stereocenters. The van der Waals surface area contributed by atoms with Crippen LogP contribution in [-0.2, 0) is 14.3 Å². The van der Waals surface area contributed by atoms with Crippen molar-refractivity contribution in [1.29, 1.82) is 0 Å². The highest BCUT2D eigenvalue weighted by atomic mass is 19.4. The molecular weight excluding hydrogens is 395 g/mol. The number of carboxylic acid groups (broad SMARTS) is 1. The average molecular weight is 417 g/mol. The largest absolute Gasteiger partial charge is 0.490 e. The Morgan fingerprint density at radius 3 is 2.48 bits per heavy atom. The van der Waals surface area contributed by atoms with Crippen molar-refractivity contribution in [3.63, 3.8) is 0 Å². The number of fused-ring (bicyclic) bond motifs is 1. The highest BCUT2D eigenvalue weighted by Gasteiger charge is 2.44. The van der Waals surface area contributed by atoms with Gasteiger partial charge in [-0.2, -0.15) is 13.2 Å². The highest BCUT2D eigenvalue weighted by Crippen LogP contribution is 2.35. The number of aliphatic carboxylic acids is 1. The Labute approximate surface area is 164 Å². The van der Waals surface area contributed by atoms with E-state index in [4.69, 9.17) is 14.6 Å². The van der Waals surface area contributed by atoms with Gasteiger partial charge in [0.15, 0.2) is 0 Å². The van der Waals surface area contributed by atoms with Crippen LogP contribution >= 0.6 is 0 Å². The molecule has 2 saturated heterocycles. The standard InChI is InChI=1S/C16H21N3O3.C2HF3O2/c20-15(18-12-1-2-12)6-13-5-11-8-19(9-14(11)22-13)16(21)10-3-4-17-7-10;3-2(4,5)1(6)7/h3-4,7,11-14,17H,1-2,5-6,8-9H2,(H,18,20);(H,6,7)/t11-,13-,14+;/m0./s1. The van der Waals surface area contributed by atoms with Crippen molar-refractivity contribution < 1.29 is 37.4 Å². The second-order valence-electron chi connectivity index (χ2n) is 7.45. The first kappa shape index (κ1) is 21.2. The second-order valence-corrected chi connectivity index (χ2v) is 7.45. The van der Waals surface area contributed by atoms with Gasteiger partial charge in [0, 0.05) is 37.4 Å². The predicted molar refractivity (Wildman–Crippen MR) is 92.9 cm³/mol. The Bertz CT molecular complexity index is 734. The van der Waals surface area contributed by atoms with Crippen molar-refractivity contribution in [2.24, 2.45) is 5.92 Å². The number of amides is 2. The SMILES string of the molecule is O=C(C[C@@H]1C[C@H]2CN(C(=O)c3cc[nH]c3)C[C@H]2O1)NC1CC1.O=C(O)C(F)(F)F. The quantitative estimate of drug-likeness (QED) is 0.688. The maximum Gasteiger partial charge on any atom is 0.490 e. The number of nitrogens with zero attached hydrogens (tertiary/aromatic N) is 1. The summed E-state index contributed by atoms with van der Waals surface area (Å²) in [4.78, 5) is 37.8. The molecule has 2 aliphatic heterocycles. The zero-order chi connectivity index (χ0) is 21.2. The summed E-state index contributed by atoms with van der Waals surface area (Å²) >= 11 is 0. The van der Waals surface area contributed by atoms with E-state index in [0.717, 1.165) is 25.8 Å². The Morgan fingerprint density at radius 2 is 1.97 bits per heavy atom. The molecule has 0 unspecified atom stereocenters. The first-order valence-electron chi connectivity index (χ1n) is 9.30. The van der Waals surface area contributed by atoms with E-state index in [1.165, 1.54) is 0 Å². The molecule has 3 N–H and O–H groups in total. The van der Waals surface area contributed by atoms with Crippen LogP contribution in [0.2, 0.25) is 0 Å². The fourth-order valence-corrected chi connectivity index (χ4v) is 3.52. The Hall–Kier alpha value is -2.56. The minimum atomic E-state index is -5.08. The Kier molecular flexibility index (Phi) is 6.15. The fraction of sp³-hybridized carbons (Fsp3) is 0.611. The molecule has 3 aliphatic rings. The molecular formula is C18H22F3N3O5. The normalized spacial score (nSPS) is 25.8. The number of alkyl halides is 3. The number of likely N-dealkylation sites (tertiary alicyclic amines) is 1. The van der Waals surface area contributed by atoms with E-state index in [1.54, 1.807) is 18.5 Å². The summed E-state index contributed by atoms with van der Waals surface area (Å²) in [6.07, 6.45) is 2.05. The number of nitrogens with one attached hydrogen (secondary N) is 2. The van der Waals surface area contributed by atoms with Gasteiger partial charge in [0.25, 0.3) is 5.91 Å². The van der Waals surface area contributed by atoms with Crippen LogP contribution in [0.15, 0.2) is 18.5 Å². The van der Waals surface area contributed by atoms with Crippen LogP contribution in [0, 0.1) is 5.92 Å². The number of halogens is 3. The maximum absolute atomic E-state index is 12.3. The van der Waals surface area contributed by atoms with E-state index in [9.17, 15) is 22.8 Å². The number of carbonyl (C=O) groups is 3. The van der Waals surface area contributed by atoms with Crippen molar-refractivity contribution >= 4 is 17.8 Å². The topological polar surface area (TPSA) is 112 Å². The van der Waals surface area contributed by atoms with Gasteiger partial charge in [0.05, 0.1) is 24.2 Å². The van der Waals surface area contributed by atoms with E-state index in [0.29, 0.717) is 30.5 Å². The summed E-state index contributed by atoms with van der Waals surface area (Å²) in [7, 11) is 0. The van der Waals surface area contributed by atoms with Crippen LogP contribution < -0.4 is 5.32 Å². The van der Waals surface area contributed by atoms with E-state index in [-0.39, 0.29) is 24.0 Å². The van der Waals surface area contributed by atoms with Gasteiger partial charge in [-0.1, -0.05) is 0 Å². The molecule has 3 fully saturated rings. The minimum Gasteiger partial charge on any atom is -0.475 e. The van der Waals surface area contributed by atoms with Gasteiger partial charge in [-0.05, 0) is 25.3 Å². The second kappa shape index (κ2) is 8.44. The predicted octanol–water partition coefficient (Wildman–Crippen LogP) is 1.55. The summed E-state index contributed by atoms with van der Waals surface area (Å²) in [5.74, 6) is -2.23. The van der Waals surface area contributed by atoms with Gasteiger partial charge in [-0.25, -0.2) is 4.79 Å². The fourth-order valence-electron chi connectivity index (χ4n) is 3.52. The van der Waals surface area contributed by atoms with Crippen LogP contribution in [0.4, 0.5) is 13.2 Å². The zero-order valence-corrected chi connectivity index (χ0v) is 15.4. The number of aromatic nitrogens is 1. The number of carboxylic acids is 1. The summed E-state index contributed by atoms with van der Waals surface area (Å²) in [5.41, 5.74) is 0.695. The molecule has 0 bridgehead atoms. The Balaban J connectivity index is 0.000000298. The molecule has 0 spiro atoms. The number of H-pyrrole nitrogens is 1. The monoisotopic (exact) mass is 417 g/mol. The lowest BCUT2D eigenvalue weighted by molar-refractivity contribution is -0.192. The molecule has 4 rings (SSSR count). The van der Waals surface area contributed by atoms with Gasteiger partial charge in [-0.15, -0.1) is 0 Å². The van der Waals surface area contributed by atoms with Crippen LogP contribution in [-0.4, -0.2) is 70.3 Å². The molecule has 1 aliphatic carbocycles. The molecule has 1 saturated carbocycles. The van der Waals surface area contributed by atoms with Crippen LogP contribution in [0.3, 0.4) is 0 Å². The van der Waals surface area contributed by atoms with Crippen molar-refractivity contribution in [2.45, 2.75) is 50.1 Å². The number of aromatic amines is 1. The smallest absolute Gasteiger partial charge is 0.475 e. The number of hydrogen-bond acceptors (Lipinski definition) is 4. The first-order chi connectivity index (χ1) is 13.6. The average Bonchev–Trinajstić information content (AvgIpc) is 3.01. The summed E-state index contributed by atoms with van der Waals surface area (Å²) in [6.45, 7) is 1.37. The van der Waals surface area contributed by atoms with E-state index >= 15 is 0 Å². The molecule has 29 heavy (non-hydrogen) atoms. The van der Waals surface area contributed by atoms with Crippen LogP contribution in [0.1, 0.15) is 36.0 Å². The van der Waals surface area contributed by atoms with Crippen molar-refractivity contribution in [2.75, 3.05) is 13.1 Å². The van der Waals surface area contributed by atoms with Gasteiger partial charge in [0.2, 0.25) is 5.91 Å². The van der Waals surface area contributed by atoms with Crippen molar-refractivity contribution in [3.05, 3.63) is 24.0 Å². The number of rotatable bonds is 4. The van der Waals surface area contributed by atoms with Crippen molar-refractivity contribution in [1.82, 2.24) is 15.2 Å². The van der Waals surface area contributed by atoms with Gasteiger partial charge in [-0.3, -0.25) is 9.59 Å². The van der Waals surface area contributed by atoms with Gasteiger partial charge < -0.3 is 25.0 Å². The molecule has 0 aromatic carbocycles. The zero-order valence-electron chi connectivity index (χ0n) is 15.4. The lowest BCUT2D eigenvalue weighted by Gasteiger charge is -2.19. The molecule has 1 aromatic rings. The third kappa shape index (κ3) is 5.72. The van der Waals surface area contributed by atoms with E-state index < -0.39 is 12.1 Å². The van der Waals surface area contributed by atoms with Crippen molar-refractivity contribution in [3.8, 4) is 0 Å². The highest BCUT2D eigenvalue weighted by molar-refractivity contribution is 5.94. The summed E-state index contributed by atoms with van der Waals surface area (Å²) in [5, 5.41) is 10.1. The summed E-state index contributed by atoms with van der Waals surface area (Å²) < 4.78 is 37.7. The molecule has 1 aromatic heterocycles. The Morgan fingerprint density at radius 1 is 1.28 bits per heavy atom. The summed E-state index contributed by atoms with van der Waals surface area (Å²) in [6, 6.07) is 2.20. The third-order valence-corrected chi connectivity index (χ3v) is 5.04. The lowest BCUT2D eigenvalue weighted by Crippen LogP contribution is -2.33. The molecule has 8 nitrogen and oxygen atoms in total. The molecule has 11 heteroatoms. The van der Waals surface area contributed by atoms with E-state index in [2.05, 4.69) is 10.3 Å². The van der Waals surface area contributed by atoms with Gasteiger partial charge >= 0.3 is 12.1 Å². The first-order valence-corrected chi connectivity index (χ1v) is 9.30. The van der Waals surface area contributed by atoms with Crippen LogP contribution in [0.5, 0.6) is 0 Å². The number of ether oxygens (including phenoxy) is 1. The molecule has 160 valence electrons. The van der Waals surface area contributed by atoms with Gasteiger partial charge in [0.1, 0.15) is 0 Å². The van der Waals surface area contributed by atoms with Crippen LogP contribution in [0.25, 0.3) is 0 Å². The number of hydrogen-bond donors (Lipinski definition) is 3. The maximum atomic E-state index is 12.3. The minimum absolute atomic E-state index is 0.0123. The third-order valence-electron chi connectivity index (χ3n) is 5.04. The lowest BCUT2D eigenvalue weighted by atomic mass is 10.0. The molecule has 3 heterocycles.